The highest BCUT2D eigenvalue weighted by Gasteiger charge is 2.56. The number of imide groups is 1. The summed E-state index contributed by atoms with van der Waals surface area (Å²) in [4.78, 5) is 37.5. The van der Waals surface area contributed by atoms with Crippen molar-refractivity contribution in [1.29, 1.82) is 0 Å². The van der Waals surface area contributed by atoms with Crippen molar-refractivity contribution in [3.63, 3.8) is 0 Å². The van der Waals surface area contributed by atoms with E-state index in [0.29, 0.717) is 5.69 Å². The first kappa shape index (κ1) is 14.6. The Hall–Kier alpha value is -2.37. The second kappa shape index (κ2) is 5.12. The van der Waals surface area contributed by atoms with Crippen LogP contribution >= 0.6 is 0 Å². The fourth-order valence-electron chi connectivity index (χ4n) is 2.78. The van der Waals surface area contributed by atoms with Gasteiger partial charge in [-0.05, 0) is 44.7 Å². The van der Waals surface area contributed by atoms with E-state index in [1.807, 2.05) is 19.1 Å². The van der Waals surface area contributed by atoms with E-state index in [1.165, 1.54) is 0 Å². The molecule has 1 heterocycles. The number of amides is 4. The van der Waals surface area contributed by atoms with Gasteiger partial charge < -0.3 is 10.6 Å². The topological polar surface area (TPSA) is 78.5 Å². The summed E-state index contributed by atoms with van der Waals surface area (Å²) >= 11 is 0. The third-order valence-electron chi connectivity index (χ3n) is 4.33. The Morgan fingerprint density at radius 2 is 1.95 bits per heavy atom. The molecule has 6 nitrogen and oxygen atoms in total. The first-order valence-electron chi connectivity index (χ1n) is 7.41. The number of urea groups is 1. The number of benzene rings is 1. The summed E-state index contributed by atoms with van der Waals surface area (Å²) in [6.07, 6.45) is 1.87. The second-order valence-electron chi connectivity index (χ2n) is 6.21. The quantitative estimate of drug-likeness (QED) is 0.830. The Balaban J connectivity index is 1.65. The fraction of sp³-hybridized carbons (Fsp3) is 0.438. The summed E-state index contributed by atoms with van der Waals surface area (Å²) in [5.74, 6) is -0.499. The molecule has 0 spiro atoms. The lowest BCUT2D eigenvalue weighted by molar-refractivity contribution is -0.134. The molecule has 1 saturated heterocycles. The van der Waals surface area contributed by atoms with Gasteiger partial charge in [-0.15, -0.1) is 0 Å². The van der Waals surface area contributed by atoms with Crippen molar-refractivity contribution in [3.8, 4) is 0 Å². The lowest BCUT2D eigenvalue weighted by Crippen LogP contribution is -2.46. The van der Waals surface area contributed by atoms with E-state index in [4.69, 9.17) is 0 Å². The normalized spacial score (nSPS) is 24.4. The molecule has 3 rings (SSSR count). The summed E-state index contributed by atoms with van der Waals surface area (Å²) in [5.41, 5.74) is 0.890. The maximum atomic E-state index is 12.4. The van der Waals surface area contributed by atoms with Gasteiger partial charge >= 0.3 is 6.03 Å². The average Bonchev–Trinajstić information content (AvgIpc) is 3.28. The Morgan fingerprint density at radius 1 is 1.32 bits per heavy atom. The summed E-state index contributed by atoms with van der Waals surface area (Å²) < 4.78 is 0. The molecule has 0 radical (unpaired) electrons. The van der Waals surface area contributed by atoms with Crippen molar-refractivity contribution in [2.24, 2.45) is 5.92 Å². The van der Waals surface area contributed by atoms with Gasteiger partial charge in [-0.2, -0.15) is 0 Å². The fourth-order valence-corrected chi connectivity index (χ4v) is 2.78. The highest BCUT2D eigenvalue weighted by atomic mass is 16.2. The van der Waals surface area contributed by atoms with Crippen LogP contribution < -0.4 is 10.6 Å². The Bertz CT molecular complexity index is 637. The van der Waals surface area contributed by atoms with Crippen LogP contribution in [0.4, 0.5) is 10.5 Å². The van der Waals surface area contributed by atoms with Crippen molar-refractivity contribution in [1.82, 2.24) is 10.2 Å². The Labute approximate surface area is 128 Å². The van der Waals surface area contributed by atoms with Gasteiger partial charge in [0.2, 0.25) is 5.91 Å². The van der Waals surface area contributed by atoms with Gasteiger partial charge in [-0.25, -0.2) is 4.79 Å². The average molecular weight is 301 g/mol. The van der Waals surface area contributed by atoms with E-state index >= 15 is 0 Å². The molecule has 0 bridgehead atoms. The predicted molar refractivity (Wildman–Crippen MR) is 81.2 cm³/mol. The van der Waals surface area contributed by atoms with Gasteiger partial charge in [-0.1, -0.05) is 17.7 Å². The molecule has 2 fully saturated rings. The van der Waals surface area contributed by atoms with Crippen LogP contribution in [0.15, 0.2) is 24.3 Å². The van der Waals surface area contributed by atoms with Crippen molar-refractivity contribution < 1.29 is 14.4 Å². The molecule has 1 aromatic rings. The zero-order valence-corrected chi connectivity index (χ0v) is 12.7. The lowest BCUT2D eigenvalue weighted by Gasteiger charge is -2.20. The van der Waals surface area contributed by atoms with E-state index < -0.39 is 11.6 Å². The molecule has 2 aliphatic rings. The van der Waals surface area contributed by atoms with Crippen LogP contribution in [0.2, 0.25) is 0 Å². The number of anilines is 1. The van der Waals surface area contributed by atoms with Crippen LogP contribution in [0, 0.1) is 12.8 Å². The molecule has 22 heavy (non-hydrogen) atoms. The number of rotatable bonds is 4. The maximum absolute atomic E-state index is 12.4. The van der Waals surface area contributed by atoms with Crippen molar-refractivity contribution in [2.75, 3.05) is 11.9 Å². The minimum atomic E-state index is -0.846. The van der Waals surface area contributed by atoms with E-state index in [9.17, 15) is 14.4 Å². The van der Waals surface area contributed by atoms with Gasteiger partial charge in [0.05, 0.1) is 0 Å². The molecule has 6 heteroatoms. The minimum absolute atomic E-state index is 0.189. The van der Waals surface area contributed by atoms with Gasteiger partial charge in [0.15, 0.2) is 0 Å². The van der Waals surface area contributed by atoms with Crippen LogP contribution in [0.1, 0.15) is 25.3 Å². The van der Waals surface area contributed by atoms with E-state index in [-0.39, 0.29) is 24.3 Å². The van der Waals surface area contributed by atoms with E-state index in [1.54, 1.807) is 19.1 Å². The third-order valence-corrected chi connectivity index (χ3v) is 4.33. The maximum Gasteiger partial charge on any atom is 0.325 e. The largest absolute Gasteiger partial charge is 0.325 e. The molecule has 1 aliphatic heterocycles. The molecule has 2 N–H and O–H groups in total. The van der Waals surface area contributed by atoms with Crippen LogP contribution in [0.3, 0.4) is 0 Å². The molecular weight excluding hydrogens is 282 g/mol. The van der Waals surface area contributed by atoms with E-state index in [0.717, 1.165) is 23.3 Å². The molecule has 1 unspecified atom stereocenters. The highest BCUT2D eigenvalue weighted by Crippen LogP contribution is 2.42. The van der Waals surface area contributed by atoms with Gasteiger partial charge in [0, 0.05) is 5.69 Å². The Kier molecular flexibility index (Phi) is 3.39. The van der Waals surface area contributed by atoms with Crippen molar-refractivity contribution in [2.45, 2.75) is 32.2 Å². The van der Waals surface area contributed by atoms with Gasteiger partial charge in [0.1, 0.15) is 12.1 Å². The number of hydrogen-bond donors (Lipinski definition) is 2. The molecule has 1 saturated carbocycles. The minimum Gasteiger partial charge on any atom is -0.325 e. The number of aryl methyl sites for hydroxylation is 1. The monoisotopic (exact) mass is 301 g/mol. The number of nitrogens with one attached hydrogen (secondary N) is 2. The van der Waals surface area contributed by atoms with Crippen LogP contribution in [-0.2, 0) is 9.59 Å². The summed E-state index contributed by atoms with van der Waals surface area (Å²) in [5, 5.41) is 5.42. The molecule has 1 aliphatic carbocycles. The zero-order valence-electron chi connectivity index (χ0n) is 12.7. The standard InChI is InChI=1S/C16H19N3O3/c1-10-3-7-12(8-4-10)17-13(20)9-19-14(21)16(2,11-5-6-11)18-15(19)22/h3-4,7-8,11H,5-6,9H2,1-2H3,(H,17,20)(H,18,22). The third kappa shape index (κ3) is 2.56. The van der Waals surface area contributed by atoms with Crippen molar-refractivity contribution in [3.05, 3.63) is 29.8 Å². The number of nitrogens with zero attached hydrogens (tertiary/aromatic N) is 1. The zero-order chi connectivity index (χ0) is 15.9. The summed E-state index contributed by atoms with van der Waals surface area (Å²) in [6, 6.07) is 6.85. The molecule has 116 valence electrons. The number of carbonyl (C=O) groups excluding carboxylic acids is 3. The highest BCUT2D eigenvalue weighted by molar-refractivity contribution is 6.10. The first-order chi connectivity index (χ1) is 10.4. The van der Waals surface area contributed by atoms with Crippen LogP contribution in [0.5, 0.6) is 0 Å². The van der Waals surface area contributed by atoms with Crippen molar-refractivity contribution >= 4 is 23.5 Å². The summed E-state index contributed by atoms with van der Waals surface area (Å²) in [7, 11) is 0. The SMILES string of the molecule is Cc1ccc(NC(=O)CN2C(=O)NC(C)(C3CC3)C2=O)cc1. The Morgan fingerprint density at radius 3 is 2.55 bits per heavy atom. The summed E-state index contributed by atoms with van der Waals surface area (Å²) in [6.45, 7) is 3.43. The number of carbonyl (C=O) groups is 3. The second-order valence-corrected chi connectivity index (χ2v) is 6.21. The van der Waals surface area contributed by atoms with Crippen LogP contribution in [0.25, 0.3) is 0 Å². The molecule has 1 atom stereocenters. The van der Waals surface area contributed by atoms with Crippen LogP contribution in [-0.4, -0.2) is 34.8 Å². The van der Waals surface area contributed by atoms with Gasteiger partial charge in [-0.3, -0.25) is 14.5 Å². The molecule has 4 amide bonds. The van der Waals surface area contributed by atoms with E-state index in [2.05, 4.69) is 10.6 Å². The lowest BCUT2D eigenvalue weighted by atomic mass is 9.96. The number of hydrogen-bond acceptors (Lipinski definition) is 3. The molecule has 0 aromatic heterocycles. The smallest absolute Gasteiger partial charge is 0.325 e. The predicted octanol–water partition coefficient (Wildman–Crippen LogP) is 1.65. The molecule has 1 aromatic carbocycles. The van der Waals surface area contributed by atoms with Gasteiger partial charge in [0.25, 0.3) is 5.91 Å². The first-order valence-corrected chi connectivity index (χ1v) is 7.41. The molecular formula is C16H19N3O3.